The maximum atomic E-state index is 14.7. The second-order valence-corrected chi connectivity index (χ2v) is 8.02. The van der Waals surface area contributed by atoms with Gasteiger partial charge in [-0.25, -0.2) is 23.1 Å². The monoisotopic (exact) mass is 433 g/mol. The molecule has 0 saturated heterocycles. The summed E-state index contributed by atoms with van der Waals surface area (Å²) in [6, 6.07) is 1.40. The molecule has 3 heterocycles. The van der Waals surface area contributed by atoms with Gasteiger partial charge in [-0.05, 0) is 30.7 Å². The van der Waals surface area contributed by atoms with Gasteiger partial charge in [0.1, 0.15) is 11.5 Å². The van der Waals surface area contributed by atoms with Gasteiger partial charge in [0.25, 0.3) is 0 Å². The van der Waals surface area contributed by atoms with Crippen LogP contribution in [0.25, 0.3) is 22.4 Å². The van der Waals surface area contributed by atoms with Gasteiger partial charge in [-0.2, -0.15) is 5.10 Å². The average molecular weight is 433 g/mol. The van der Waals surface area contributed by atoms with Gasteiger partial charge in [-0.15, -0.1) is 0 Å². The Labute approximate surface area is 176 Å². The van der Waals surface area contributed by atoms with E-state index >= 15 is 0 Å². The maximum Gasteiger partial charge on any atom is 0.311 e. The Morgan fingerprint density at radius 1 is 1.16 bits per heavy atom. The van der Waals surface area contributed by atoms with Crippen molar-refractivity contribution in [2.45, 2.75) is 32.7 Å². The van der Waals surface area contributed by atoms with Gasteiger partial charge in [0.2, 0.25) is 0 Å². The lowest BCUT2D eigenvalue weighted by atomic mass is 9.71. The van der Waals surface area contributed by atoms with E-state index in [4.69, 9.17) is 4.74 Å². The number of anilines is 1. The van der Waals surface area contributed by atoms with Crippen molar-refractivity contribution in [1.29, 1.82) is 0 Å². The van der Waals surface area contributed by atoms with E-state index in [1.54, 1.807) is 0 Å². The molecule has 1 aliphatic rings. The summed E-state index contributed by atoms with van der Waals surface area (Å²) >= 11 is 0. The Morgan fingerprint density at radius 3 is 2.65 bits per heavy atom. The Kier molecular flexibility index (Phi) is 5.55. The average Bonchev–Trinajstić information content (AvgIpc) is 3.14. The molecule has 10 heteroatoms. The van der Waals surface area contributed by atoms with Crippen molar-refractivity contribution in [3.05, 3.63) is 35.8 Å². The van der Waals surface area contributed by atoms with Crippen LogP contribution in [0.3, 0.4) is 0 Å². The van der Waals surface area contributed by atoms with Gasteiger partial charge in [-0.3, -0.25) is 9.89 Å². The highest BCUT2D eigenvalue weighted by atomic mass is 19.1. The molecule has 0 radical (unpaired) electrons. The van der Waals surface area contributed by atoms with E-state index in [0.717, 1.165) is 25.1 Å². The predicted octanol–water partition coefficient (Wildman–Crippen LogP) is 4.07. The van der Waals surface area contributed by atoms with Crippen LogP contribution >= 0.6 is 0 Å². The molecular formula is C21H22F3N5O2. The van der Waals surface area contributed by atoms with Crippen molar-refractivity contribution in [3.63, 3.8) is 0 Å². The summed E-state index contributed by atoms with van der Waals surface area (Å²) in [6.45, 7) is 3.90. The van der Waals surface area contributed by atoms with Crippen LogP contribution in [0.5, 0.6) is 0 Å². The number of carbonyl (C=O) groups is 1. The van der Waals surface area contributed by atoms with Crippen LogP contribution in [0.4, 0.5) is 19.0 Å². The van der Waals surface area contributed by atoms with Gasteiger partial charge in [-0.1, -0.05) is 13.8 Å². The molecule has 3 aromatic rings. The maximum absolute atomic E-state index is 14.7. The highest BCUT2D eigenvalue weighted by Crippen LogP contribution is 2.37. The lowest BCUT2D eigenvalue weighted by Crippen LogP contribution is -2.47. The summed E-state index contributed by atoms with van der Waals surface area (Å²) in [6.07, 6.45) is 2.66. The molecule has 4 atom stereocenters. The Balaban J connectivity index is 1.75. The number of pyridine rings is 2. The van der Waals surface area contributed by atoms with E-state index in [1.807, 2.05) is 13.8 Å². The molecule has 4 rings (SSSR count). The van der Waals surface area contributed by atoms with E-state index in [1.165, 1.54) is 7.11 Å². The largest absolute Gasteiger partial charge is 0.469 e. The van der Waals surface area contributed by atoms with E-state index in [2.05, 4.69) is 25.5 Å². The van der Waals surface area contributed by atoms with Crippen LogP contribution in [0.15, 0.2) is 18.3 Å². The number of hydrogen-bond acceptors (Lipinski definition) is 6. The number of fused-ring (bicyclic) bond motifs is 1. The molecule has 3 aromatic heterocycles. The third kappa shape index (κ3) is 3.82. The van der Waals surface area contributed by atoms with Crippen LogP contribution in [0, 0.1) is 35.2 Å². The van der Waals surface area contributed by atoms with Gasteiger partial charge < -0.3 is 10.1 Å². The fourth-order valence-corrected chi connectivity index (χ4v) is 4.30. The fraction of sp³-hybridized carbons (Fsp3) is 0.429. The molecule has 0 aliphatic heterocycles. The summed E-state index contributed by atoms with van der Waals surface area (Å²) < 4.78 is 47.9. The lowest BCUT2D eigenvalue weighted by Gasteiger charge is -2.39. The number of H-pyrrole nitrogens is 1. The Morgan fingerprint density at radius 2 is 1.90 bits per heavy atom. The zero-order valence-electron chi connectivity index (χ0n) is 17.2. The number of rotatable bonds is 4. The topological polar surface area (TPSA) is 92.8 Å². The predicted molar refractivity (Wildman–Crippen MR) is 107 cm³/mol. The zero-order valence-corrected chi connectivity index (χ0v) is 17.2. The molecule has 7 nitrogen and oxygen atoms in total. The van der Waals surface area contributed by atoms with Crippen molar-refractivity contribution in [2.24, 2.45) is 17.8 Å². The minimum absolute atomic E-state index is 0.0229. The molecule has 0 bridgehead atoms. The van der Waals surface area contributed by atoms with Crippen molar-refractivity contribution in [3.8, 4) is 11.4 Å². The first-order chi connectivity index (χ1) is 14.8. The summed E-state index contributed by atoms with van der Waals surface area (Å²) in [5.74, 6) is -3.51. The van der Waals surface area contributed by atoms with Crippen molar-refractivity contribution in [1.82, 2.24) is 20.2 Å². The van der Waals surface area contributed by atoms with Gasteiger partial charge in [0.15, 0.2) is 23.1 Å². The number of aromatic amines is 1. The van der Waals surface area contributed by atoms with Crippen molar-refractivity contribution >= 4 is 22.8 Å². The number of carbonyl (C=O) groups excluding carboxylic acids is 1. The van der Waals surface area contributed by atoms with E-state index in [9.17, 15) is 18.0 Å². The molecule has 164 valence electrons. The molecule has 0 aromatic carbocycles. The first-order valence-electron chi connectivity index (χ1n) is 10.0. The Hall–Kier alpha value is -3.17. The number of nitrogens with zero attached hydrogens (tertiary/aromatic N) is 3. The molecule has 0 amide bonds. The number of aromatic nitrogens is 4. The van der Waals surface area contributed by atoms with E-state index < -0.39 is 29.4 Å². The van der Waals surface area contributed by atoms with Gasteiger partial charge in [0, 0.05) is 12.1 Å². The number of hydrogen-bond donors (Lipinski definition) is 2. The highest BCUT2D eigenvalue weighted by Gasteiger charge is 2.41. The van der Waals surface area contributed by atoms with Crippen molar-refractivity contribution < 1.29 is 22.7 Å². The third-order valence-corrected chi connectivity index (χ3v) is 6.01. The molecule has 2 N–H and O–H groups in total. The van der Waals surface area contributed by atoms with Gasteiger partial charge >= 0.3 is 5.97 Å². The summed E-state index contributed by atoms with van der Waals surface area (Å²) in [4.78, 5) is 20.4. The van der Waals surface area contributed by atoms with Crippen LogP contribution in [-0.2, 0) is 9.53 Å². The van der Waals surface area contributed by atoms with Crippen LogP contribution < -0.4 is 5.32 Å². The van der Waals surface area contributed by atoms with E-state index in [0.29, 0.717) is 6.07 Å². The van der Waals surface area contributed by atoms with Crippen LogP contribution in [0.2, 0.25) is 0 Å². The summed E-state index contributed by atoms with van der Waals surface area (Å²) in [5, 5.41) is 9.75. The first-order valence-corrected chi connectivity index (χ1v) is 10.0. The number of ether oxygens (including phenoxy) is 1. The highest BCUT2D eigenvalue weighted by molar-refractivity contribution is 5.90. The number of esters is 1. The molecule has 31 heavy (non-hydrogen) atoms. The van der Waals surface area contributed by atoms with Crippen LogP contribution in [-0.4, -0.2) is 39.3 Å². The Bertz CT molecular complexity index is 1140. The standard InChI is InChI=1S/C21H22F3N5O2/c1-9-4-5-10(2)16(15(9)21(30)31-3)26-20-14(24)7-13(23)18(27-20)17-12-6-11(22)8-25-19(12)29-28-17/h6-10,15-16H,4-5H2,1-3H3,(H,26,27)(H,25,28,29). The minimum atomic E-state index is -0.938. The quantitative estimate of drug-likeness (QED) is 0.603. The lowest BCUT2D eigenvalue weighted by molar-refractivity contribution is -0.149. The van der Waals surface area contributed by atoms with Gasteiger partial charge in [0.05, 0.1) is 30.3 Å². The third-order valence-electron chi connectivity index (χ3n) is 6.01. The number of halogens is 3. The van der Waals surface area contributed by atoms with Crippen LogP contribution in [0.1, 0.15) is 26.7 Å². The zero-order chi connectivity index (χ0) is 22.3. The summed E-state index contributed by atoms with van der Waals surface area (Å²) in [7, 11) is 1.32. The molecule has 4 unspecified atom stereocenters. The van der Waals surface area contributed by atoms with E-state index in [-0.39, 0.29) is 46.0 Å². The fourth-order valence-electron chi connectivity index (χ4n) is 4.30. The molecule has 1 aliphatic carbocycles. The normalized spacial score (nSPS) is 23.7. The molecule has 0 spiro atoms. The van der Waals surface area contributed by atoms with Crippen molar-refractivity contribution in [2.75, 3.05) is 12.4 Å². The summed E-state index contributed by atoms with van der Waals surface area (Å²) in [5.41, 5.74) is 0.0268. The second kappa shape index (κ2) is 8.16. The number of nitrogens with one attached hydrogen (secondary N) is 2. The SMILES string of the molecule is COC(=O)C1C(C)CCC(C)C1Nc1nc(-c2[nH]nc3ncc(F)cc23)c(F)cc1F. The second-order valence-electron chi connectivity index (χ2n) is 8.02. The number of methoxy groups -OCH3 is 1. The first kappa shape index (κ1) is 21.1. The molecule has 1 saturated carbocycles. The molecular weight excluding hydrogens is 411 g/mol. The molecule has 1 fully saturated rings. The smallest absolute Gasteiger partial charge is 0.311 e. The minimum Gasteiger partial charge on any atom is -0.469 e.